The fraction of sp³-hybridized carbons (Fsp3) is 0.391. The number of piperidine rings is 1. The van der Waals surface area contributed by atoms with Crippen molar-refractivity contribution in [3.8, 4) is 0 Å². The monoisotopic (exact) mass is 483 g/mol. The molecule has 0 spiro atoms. The predicted molar refractivity (Wildman–Crippen MR) is 126 cm³/mol. The van der Waals surface area contributed by atoms with Gasteiger partial charge in [-0.1, -0.05) is 0 Å². The van der Waals surface area contributed by atoms with Crippen LogP contribution in [0.2, 0.25) is 0 Å². The molecule has 0 bridgehead atoms. The Bertz CT molecular complexity index is 1320. The largest absolute Gasteiger partial charge is 0.378 e. The summed E-state index contributed by atoms with van der Waals surface area (Å²) in [6, 6.07) is 5.47. The zero-order valence-corrected chi connectivity index (χ0v) is 19.3. The van der Waals surface area contributed by atoms with Crippen LogP contribution in [0.1, 0.15) is 24.0 Å². The average Bonchev–Trinajstić information content (AvgIpc) is 3.17. The van der Waals surface area contributed by atoms with Crippen molar-refractivity contribution in [1.82, 2.24) is 19.5 Å². The summed E-state index contributed by atoms with van der Waals surface area (Å²) in [5.74, 6) is 0.0569. The van der Waals surface area contributed by atoms with Crippen LogP contribution in [0.4, 0.5) is 14.6 Å². The molecule has 11 heteroatoms. The van der Waals surface area contributed by atoms with Gasteiger partial charge >= 0.3 is 0 Å². The molecule has 8 nitrogen and oxygen atoms in total. The summed E-state index contributed by atoms with van der Waals surface area (Å²) in [5.41, 5.74) is 0.821. The average molecular weight is 484 g/mol. The van der Waals surface area contributed by atoms with Gasteiger partial charge in [-0.25, -0.2) is 18.3 Å². The first-order chi connectivity index (χ1) is 16.4. The van der Waals surface area contributed by atoms with Gasteiger partial charge in [0.15, 0.2) is 10.8 Å². The number of thioether (sulfide) groups is 1. The van der Waals surface area contributed by atoms with Gasteiger partial charge in [-0.15, -0.1) is 0 Å². The Morgan fingerprint density at radius 3 is 2.82 bits per heavy atom. The van der Waals surface area contributed by atoms with Gasteiger partial charge in [0.25, 0.3) is 0 Å². The quantitative estimate of drug-likeness (QED) is 0.436. The van der Waals surface area contributed by atoms with Crippen molar-refractivity contribution < 1.29 is 13.5 Å². The number of nitrogens with zero attached hydrogens (tertiary/aromatic N) is 5. The smallest absolute Gasteiger partial charge is 0.167 e. The van der Waals surface area contributed by atoms with E-state index in [0.717, 1.165) is 30.7 Å². The first-order valence-electron chi connectivity index (χ1n) is 11.1. The van der Waals surface area contributed by atoms with Crippen LogP contribution in [0.25, 0.3) is 5.65 Å². The molecule has 2 N–H and O–H groups in total. The van der Waals surface area contributed by atoms with E-state index in [1.54, 1.807) is 24.0 Å². The highest BCUT2D eigenvalue weighted by Crippen LogP contribution is 2.63. The molecular weight excluding hydrogens is 460 g/mol. The fourth-order valence-electron chi connectivity index (χ4n) is 5.24. The Kier molecular flexibility index (Phi) is 4.89. The fourth-order valence-corrected chi connectivity index (χ4v) is 5.96. The van der Waals surface area contributed by atoms with Crippen LogP contribution in [0, 0.1) is 28.4 Å². The highest BCUT2D eigenvalue weighted by Gasteiger charge is 2.64. The maximum atomic E-state index is 14.7. The standard InChI is InChI=1S/C23H23F2N7OS/c1-33-15-11-30(12-15)22(27)34-20(26)16-10-28-32-7-5-19(29-21(16)32)31-6-4-13-9-23(13,31)17-8-14(24)2-3-18(17)25/h2-3,5,7-8,10,13,15,26-27H,4,6,9,11-12H2,1H3/t13-,23+/m0/s1. The molecule has 4 heterocycles. The molecule has 3 aliphatic rings. The van der Waals surface area contributed by atoms with Crippen molar-refractivity contribution in [2.45, 2.75) is 24.5 Å². The number of aromatic nitrogens is 3. The normalized spacial score (nSPS) is 23.8. The van der Waals surface area contributed by atoms with E-state index in [2.05, 4.69) is 10.00 Å². The van der Waals surface area contributed by atoms with E-state index < -0.39 is 17.2 Å². The number of rotatable bonds is 4. The number of hydrogen-bond donors (Lipinski definition) is 2. The maximum Gasteiger partial charge on any atom is 0.167 e. The second-order valence-electron chi connectivity index (χ2n) is 9.00. The zero-order valence-electron chi connectivity index (χ0n) is 18.5. The lowest BCUT2D eigenvalue weighted by Crippen LogP contribution is -2.53. The Labute approximate surface area is 198 Å². The number of methoxy groups -OCH3 is 1. The van der Waals surface area contributed by atoms with Gasteiger partial charge in [0.2, 0.25) is 0 Å². The van der Waals surface area contributed by atoms with Crippen molar-refractivity contribution in [3.63, 3.8) is 0 Å². The predicted octanol–water partition coefficient (Wildman–Crippen LogP) is 3.46. The third-order valence-electron chi connectivity index (χ3n) is 7.19. The minimum Gasteiger partial charge on any atom is -0.378 e. The number of benzene rings is 1. The molecule has 176 valence electrons. The molecule has 1 saturated carbocycles. The summed E-state index contributed by atoms with van der Waals surface area (Å²) >= 11 is 1.05. The number of hydrogen-bond acceptors (Lipinski definition) is 7. The van der Waals surface area contributed by atoms with Gasteiger partial charge in [0.1, 0.15) is 22.5 Å². The topological polar surface area (TPSA) is 93.6 Å². The highest BCUT2D eigenvalue weighted by molar-refractivity contribution is 8.26. The van der Waals surface area contributed by atoms with E-state index in [4.69, 9.17) is 20.5 Å². The molecular formula is C23H23F2N7OS. The number of halogens is 2. The molecule has 0 amide bonds. The van der Waals surface area contributed by atoms with E-state index in [-0.39, 0.29) is 22.2 Å². The van der Waals surface area contributed by atoms with Crippen LogP contribution in [0.15, 0.2) is 36.7 Å². The van der Waals surface area contributed by atoms with Crippen molar-refractivity contribution in [2.75, 3.05) is 31.6 Å². The molecule has 2 saturated heterocycles. The molecule has 1 aromatic carbocycles. The van der Waals surface area contributed by atoms with Gasteiger partial charge < -0.3 is 14.5 Å². The van der Waals surface area contributed by atoms with Crippen LogP contribution in [-0.2, 0) is 10.3 Å². The molecule has 2 aliphatic heterocycles. The lowest BCUT2D eigenvalue weighted by atomic mass is 10.0. The molecule has 6 rings (SSSR count). The Morgan fingerprint density at radius 1 is 1.24 bits per heavy atom. The maximum absolute atomic E-state index is 14.7. The summed E-state index contributed by atoms with van der Waals surface area (Å²) in [6.07, 6.45) is 5.12. The van der Waals surface area contributed by atoms with Gasteiger partial charge in [0.05, 0.1) is 23.4 Å². The number of likely N-dealkylation sites (tertiary alicyclic amines) is 1. The lowest BCUT2D eigenvalue weighted by Gasteiger charge is -2.39. The van der Waals surface area contributed by atoms with Crippen LogP contribution in [-0.4, -0.2) is 62.6 Å². The van der Waals surface area contributed by atoms with Crippen molar-refractivity contribution in [1.29, 1.82) is 10.8 Å². The minimum atomic E-state index is -0.586. The Hall–Kier alpha value is -3.05. The Balaban J connectivity index is 1.29. The summed E-state index contributed by atoms with van der Waals surface area (Å²) in [4.78, 5) is 8.72. The molecule has 2 aromatic heterocycles. The van der Waals surface area contributed by atoms with Crippen LogP contribution < -0.4 is 4.90 Å². The third kappa shape index (κ3) is 3.21. The minimum absolute atomic E-state index is 0.123. The van der Waals surface area contributed by atoms with E-state index in [9.17, 15) is 8.78 Å². The van der Waals surface area contributed by atoms with E-state index >= 15 is 0 Å². The second kappa shape index (κ2) is 7.74. The van der Waals surface area contributed by atoms with E-state index in [1.165, 1.54) is 12.1 Å². The van der Waals surface area contributed by atoms with Crippen LogP contribution >= 0.6 is 11.8 Å². The SMILES string of the molecule is COC1CN(C(=N)SC(=N)c2cnn3ccc(N4CC[C@H]5C[C@]54c4cc(F)ccc4F)nc23)C1. The Morgan fingerprint density at radius 2 is 2.06 bits per heavy atom. The van der Waals surface area contributed by atoms with Gasteiger partial charge in [-0.3, -0.25) is 10.8 Å². The van der Waals surface area contributed by atoms with Crippen LogP contribution in [0.5, 0.6) is 0 Å². The highest BCUT2D eigenvalue weighted by atomic mass is 32.2. The summed E-state index contributed by atoms with van der Waals surface area (Å²) in [6.45, 7) is 1.98. The molecule has 0 radical (unpaired) electrons. The van der Waals surface area contributed by atoms with Gasteiger partial charge in [-0.05, 0) is 54.8 Å². The molecule has 1 aliphatic carbocycles. The first-order valence-corrected chi connectivity index (χ1v) is 11.9. The van der Waals surface area contributed by atoms with Crippen LogP contribution in [0.3, 0.4) is 0 Å². The van der Waals surface area contributed by atoms with Crippen molar-refractivity contribution >= 4 is 33.4 Å². The number of ether oxygens (including phenoxy) is 1. The van der Waals surface area contributed by atoms with E-state index in [0.29, 0.717) is 42.2 Å². The molecule has 34 heavy (non-hydrogen) atoms. The molecule has 0 unspecified atom stereocenters. The van der Waals surface area contributed by atoms with Crippen molar-refractivity contribution in [3.05, 3.63) is 59.4 Å². The summed E-state index contributed by atoms with van der Waals surface area (Å²) in [5, 5.41) is 21.6. The van der Waals surface area contributed by atoms with Gasteiger partial charge in [-0.2, -0.15) is 5.10 Å². The third-order valence-corrected chi connectivity index (χ3v) is 8.07. The lowest BCUT2D eigenvalue weighted by molar-refractivity contribution is 0.00707. The summed E-state index contributed by atoms with van der Waals surface area (Å²) in [7, 11) is 1.65. The number of fused-ring (bicyclic) bond motifs is 2. The van der Waals surface area contributed by atoms with Gasteiger partial charge in [0, 0.05) is 38.5 Å². The van der Waals surface area contributed by atoms with E-state index in [1.807, 2.05) is 11.0 Å². The van der Waals surface area contributed by atoms with Crippen molar-refractivity contribution in [2.24, 2.45) is 5.92 Å². The first kappa shape index (κ1) is 21.5. The number of anilines is 1. The molecule has 3 aromatic rings. The molecule has 3 fully saturated rings. The zero-order chi connectivity index (χ0) is 23.6. The number of nitrogens with one attached hydrogen (secondary N) is 2. The summed E-state index contributed by atoms with van der Waals surface area (Å²) < 4.78 is 35.6. The molecule has 2 atom stereocenters. The number of amidine groups is 1. The second-order valence-corrected chi connectivity index (χ2v) is 10.0.